The van der Waals surface area contributed by atoms with Crippen molar-refractivity contribution < 1.29 is 9.90 Å². The molecule has 6 nitrogen and oxygen atoms in total. The molecule has 1 saturated carbocycles. The second-order valence-electron chi connectivity index (χ2n) is 6.75. The highest BCUT2D eigenvalue weighted by atomic mass is 16.3. The van der Waals surface area contributed by atoms with Crippen LogP contribution >= 0.6 is 0 Å². The number of hydrogen-bond donors (Lipinski definition) is 1. The predicted octanol–water partition coefficient (Wildman–Crippen LogP) is 0.644. The zero-order valence-electron chi connectivity index (χ0n) is 12.8. The standard InChI is InChI=1S/C16H23N3O3/c20-12-16(9-13-3-4-13)5-1-7-19(11-16)14(21)10-18-8-2-6-17-15(18)22/h2,6,8,13,20H,1,3-5,7,9-12H2/t16-/m0/s1. The monoisotopic (exact) mass is 305 g/mol. The Balaban J connectivity index is 1.67. The van der Waals surface area contributed by atoms with Gasteiger partial charge in [0.15, 0.2) is 0 Å². The fourth-order valence-corrected chi connectivity index (χ4v) is 3.47. The van der Waals surface area contributed by atoms with Gasteiger partial charge in [-0.05, 0) is 31.2 Å². The van der Waals surface area contributed by atoms with Crippen molar-refractivity contribution in [1.82, 2.24) is 14.5 Å². The van der Waals surface area contributed by atoms with Crippen molar-refractivity contribution in [3.05, 3.63) is 28.9 Å². The van der Waals surface area contributed by atoms with Crippen LogP contribution in [-0.2, 0) is 11.3 Å². The van der Waals surface area contributed by atoms with Gasteiger partial charge in [-0.25, -0.2) is 9.78 Å². The third kappa shape index (κ3) is 3.38. The minimum absolute atomic E-state index is 0.0254. The number of likely N-dealkylation sites (tertiary alicyclic amines) is 1. The summed E-state index contributed by atoms with van der Waals surface area (Å²) in [6, 6.07) is 1.65. The maximum atomic E-state index is 12.5. The van der Waals surface area contributed by atoms with E-state index in [2.05, 4.69) is 4.98 Å². The average Bonchev–Trinajstić information content (AvgIpc) is 3.33. The lowest BCUT2D eigenvalue weighted by atomic mass is 9.76. The molecule has 1 amide bonds. The van der Waals surface area contributed by atoms with Crippen LogP contribution in [0.2, 0.25) is 0 Å². The first-order valence-electron chi connectivity index (χ1n) is 8.02. The number of carbonyl (C=O) groups excluding carboxylic acids is 1. The van der Waals surface area contributed by atoms with Crippen molar-refractivity contribution in [2.45, 2.75) is 38.6 Å². The molecule has 0 bridgehead atoms. The lowest BCUT2D eigenvalue weighted by Crippen LogP contribution is -2.49. The van der Waals surface area contributed by atoms with Gasteiger partial charge < -0.3 is 10.0 Å². The molecule has 0 radical (unpaired) electrons. The number of aromatic nitrogens is 2. The van der Waals surface area contributed by atoms with Gasteiger partial charge in [0.2, 0.25) is 5.91 Å². The van der Waals surface area contributed by atoms with Crippen molar-refractivity contribution in [3.8, 4) is 0 Å². The summed E-state index contributed by atoms with van der Waals surface area (Å²) in [4.78, 5) is 29.6. The molecule has 3 rings (SSSR count). The topological polar surface area (TPSA) is 75.4 Å². The molecule has 1 N–H and O–H groups in total. The van der Waals surface area contributed by atoms with E-state index in [1.807, 2.05) is 4.90 Å². The number of amides is 1. The summed E-state index contributed by atoms with van der Waals surface area (Å²) in [5, 5.41) is 9.85. The van der Waals surface area contributed by atoms with E-state index in [1.54, 1.807) is 12.3 Å². The van der Waals surface area contributed by atoms with Crippen LogP contribution in [0.5, 0.6) is 0 Å². The molecular weight excluding hydrogens is 282 g/mol. The first-order valence-corrected chi connectivity index (χ1v) is 8.02. The molecule has 6 heteroatoms. The number of nitrogens with zero attached hydrogens (tertiary/aromatic N) is 3. The van der Waals surface area contributed by atoms with E-state index in [1.165, 1.54) is 23.6 Å². The van der Waals surface area contributed by atoms with Crippen LogP contribution < -0.4 is 5.69 Å². The summed E-state index contributed by atoms with van der Waals surface area (Å²) >= 11 is 0. The molecule has 22 heavy (non-hydrogen) atoms. The van der Waals surface area contributed by atoms with E-state index >= 15 is 0 Å². The molecular formula is C16H23N3O3. The molecule has 2 heterocycles. The minimum Gasteiger partial charge on any atom is -0.396 e. The van der Waals surface area contributed by atoms with Gasteiger partial charge >= 0.3 is 5.69 Å². The Hall–Kier alpha value is -1.69. The normalized spacial score (nSPS) is 25.2. The Morgan fingerprint density at radius 2 is 2.27 bits per heavy atom. The molecule has 1 atom stereocenters. The van der Waals surface area contributed by atoms with E-state index in [4.69, 9.17) is 0 Å². The van der Waals surface area contributed by atoms with E-state index < -0.39 is 5.69 Å². The number of aliphatic hydroxyl groups is 1. The molecule has 1 aromatic rings. The molecule has 2 fully saturated rings. The number of aliphatic hydroxyl groups excluding tert-OH is 1. The lowest BCUT2D eigenvalue weighted by Gasteiger charge is -2.42. The van der Waals surface area contributed by atoms with E-state index in [9.17, 15) is 14.7 Å². The maximum absolute atomic E-state index is 12.5. The summed E-state index contributed by atoms with van der Waals surface area (Å²) in [6.45, 7) is 1.48. The molecule has 1 aliphatic heterocycles. The third-order valence-electron chi connectivity index (χ3n) is 4.86. The molecule has 1 aromatic heterocycles. The van der Waals surface area contributed by atoms with Gasteiger partial charge in [0.05, 0.1) is 6.61 Å². The fourth-order valence-electron chi connectivity index (χ4n) is 3.47. The van der Waals surface area contributed by atoms with Gasteiger partial charge in [0, 0.05) is 30.9 Å². The minimum atomic E-state index is -0.403. The van der Waals surface area contributed by atoms with Gasteiger partial charge in [0.25, 0.3) is 0 Å². The predicted molar refractivity (Wildman–Crippen MR) is 81.2 cm³/mol. The van der Waals surface area contributed by atoms with Crippen LogP contribution in [0.3, 0.4) is 0 Å². The highest BCUT2D eigenvalue weighted by Crippen LogP contribution is 2.44. The third-order valence-corrected chi connectivity index (χ3v) is 4.86. The van der Waals surface area contributed by atoms with E-state index in [0.717, 1.165) is 25.2 Å². The van der Waals surface area contributed by atoms with Crippen molar-refractivity contribution in [1.29, 1.82) is 0 Å². The SMILES string of the molecule is O=C(Cn1cccnc1=O)N1CCC[C@](CO)(CC2CC2)C1. The van der Waals surface area contributed by atoms with E-state index in [-0.39, 0.29) is 24.5 Å². The van der Waals surface area contributed by atoms with Crippen LogP contribution in [0.4, 0.5) is 0 Å². The Kier molecular flexibility index (Phi) is 4.29. The maximum Gasteiger partial charge on any atom is 0.347 e. The summed E-state index contributed by atoms with van der Waals surface area (Å²) in [5.74, 6) is 0.659. The summed E-state index contributed by atoms with van der Waals surface area (Å²) in [5.41, 5.74) is -0.547. The second kappa shape index (κ2) is 6.20. The van der Waals surface area contributed by atoms with Crippen LogP contribution in [0.1, 0.15) is 32.1 Å². The number of rotatable bonds is 5. The largest absolute Gasteiger partial charge is 0.396 e. The number of carbonyl (C=O) groups is 1. The molecule has 0 spiro atoms. The Labute approximate surface area is 129 Å². The quantitative estimate of drug-likeness (QED) is 0.866. The summed E-state index contributed by atoms with van der Waals surface area (Å²) < 4.78 is 1.33. The molecule has 1 aliphatic carbocycles. The highest BCUT2D eigenvalue weighted by Gasteiger charge is 2.40. The Morgan fingerprint density at radius 3 is 2.95 bits per heavy atom. The van der Waals surface area contributed by atoms with E-state index in [0.29, 0.717) is 13.1 Å². The van der Waals surface area contributed by atoms with Crippen LogP contribution in [-0.4, -0.2) is 45.2 Å². The summed E-state index contributed by atoms with van der Waals surface area (Å²) in [7, 11) is 0. The fraction of sp³-hybridized carbons (Fsp3) is 0.688. The molecule has 2 aliphatic rings. The second-order valence-corrected chi connectivity index (χ2v) is 6.75. The van der Waals surface area contributed by atoms with Crippen LogP contribution in [0.25, 0.3) is 0 Å². The van der Waals surface area contributed by atoms with Crippen molar-refractivity contribution in [2.24, 2.45) is 11.3 Å². The Bertz CT molecular complexity index is 596. The van der Waals surface area contributed by atoms with Gasteiger partial charge in [-0.1, -0.05) is 12.8 Å². The van der Waals surface area contributed by atoms with Gasteiger partial charge in [0.1, 0.15) is 6.54 Å². The van der Waals surface area contributed by atoms with Crippen molar-refractivity contribution in [3.63, 3.8) is 0 Å². The van der Waals surface area contributed by atoms with Crippen LogP contribution in [0, 0.1) is 11.3 Å². The van der Waals surface area contributed by atoms with Gasteiger partial charge in [-0.3, -0.25) is 9.36 Å². The molecule has 0 aromatic carbocycles. The molecule has 1 saturated heterocycles. The average molecular weight is 305 g/mol. The number of hydrogen-bond acceptors (Lipinski definition) is 4. The zero-order chi connectivity index (χ0) is 15.6. The van der Waals surface area contributed by atoms with Crippen molar-refractivity contribution >= 4 is 5.91 Å². The lowest BCUT2D eigenvalue weighted by molar-refractivity contribution is -0.136. The smallest absolute Gasteiger partial charge is 0.347 e. The van der Waals surface area contributed by atoms with Crippen molar-refractivity contribution in [2.75, 3.05) is 19.7 Å². The van der Waals surface area contributed by atoms with Crippen LogP contribution in [0.15, 0.2) is 23.3 Å². The van der Waals surface area contributed by atoms with Gasteiger partial charge in [-0.15, -0.1) is 0 Å². The molecule has 0 unspecified atom stereocenters. The summed E-state index contributed by atoms with van der Waals surface area (Å²) in [6.07, 6.45) is 8.43. The first-order chi connectivity index (χ1) is 10.6. The molecule has 120 valence electrons. The number of piperidine rings is 1. The zero-order valence-corrected chi connectivity index (χ0v) is 12.8. The van der Waals surface area contributed by atoms with Gasteiger partial charge in [-0.2, -0.15) is 0 Å². The Morgan fingerprint density at radius 1 is 1.45 bits per heavy atom. The highest BCUT2D eigenvalue weighted by molar-refractivity contribution is 5.76. The first kappa shape index (κ1) is 15.2.